The van der Waals surface area contributed by atoms with Gasteiger partial charge in [-0.2, -0.15) is 4.68 Å². The van der Waals surface area contributed by atoms with Crippen molar-refractivity contribution in [3.05, 3.63) is 63.7 Å². The molecule has 0 bridgehead atoms. The van der Waals surface area contributed by atoms with Crippen molar-refractivity contribution >= 4 is 39.8 Å². The molecule has 9 heteroatoms. The van der Waals surface area contributed by atoms with Crippen molar-refractivity contribution in [3.8, 4) is 5.69 Å². The van der Waals surface area contributed by atoms with Crippen molar-refractivity contribution in [3.63, 3.8) is 0 Å². The van der Waals surface area contributed by atoms with Crippen LogP contribution in [0.2, 0.25) is 5.15 Å². The number of ether oxygens (including phenoxy) is 1. The molecule has 0 N–H and O–H groups in total. The van der Waals surface area contributed by atoms with Crippen molar-refractivity contribution in [1.82, 2.24) is 25.2 Å². The number of pyridine rings is 1. The standard InChI is InChI=1S/C16H10ClN5O2S/c17-15-11(7-10-3-1-2-4-12(10)19-15)8-24-16(23)14-13(5-6-25-14)22-9-18-20-21-22/h1-7,9H,8H2. The Labute approximate surface area is 150 Å². The van der Waals surface area contributed by atoms with Crippen LogP contribution < -0.4 is 0 Å². The molecule has 0 spiro atoms. The molecule has 0 aliphatic carbocycles. The fourth-order valence-corrected chi connectivity index (χ4v) is 3.32. The summed E-state index contributed by atoms with van der Waals surface area (Å²) in [4.78, 5) is 17.1. The third-order valence-corrected chi connectivity index (χ3v) is 4.75. The van der Waals surface area contributed by atoms with E-state index in [9.17, 15) is 4.79 Å². The largest absolute Gasteiger partial charge is 0.456 e. The Balaban J connectivity index is 1.55. The van der Waals surface area contributed by atoms with Gasteiger partial charge in [0.15, 0.2) is 0 Å². The molecule has 4 aromatic rings. The highest BCUT2D eigenvalue weighted by atomic mass is 35.5. The Morgan fingerprint density at radius 1 is 1.28 bits per heavy atom. The maximum absolute atomic E-state index is 12.4. The number of rotatable bonds is 4. The van der Waals surface area contributed by atoms with Gasteiger partial charge in [0.25, 0.3) is 0 Å². The van der Waals surface area contributed by atoms with E-state index in [1.165, 1.54) is 22.3 Å². The van der Waals surface area contributed by atoms with Gasteiger partial charge in [-0.1, -0.05) is 29.8 Å². The normalized spacial score (nSPS) is 10.9. The summed E-state index contributed by atoms with van der Waals surface area (Å²) in [6.45, 7) is 0.0302. The Morgan fingerprint density at radius 3 is 3.00 bits per heavy atom. The number of para-hydroxylation sites is 1. The van der Waals surface area contributed by atoms with Gasteiger partial charge in [-0.3, -0.25) is 0 Å². The molecule has 4 rings (SSSR count). The van der Waals surface area contributed by atoms with E-state index in [-0.39, 0.29) is 6.61 Å². The predicted octanol–water partition coefficient (Wildman–Crippen LogP) is 3.28. The third kappa shape index (κ3) is 3.09. The van der Waals surface area contributed by atoms with E-state index in [0.29, 0.717) is 21.3 Å². The maximum Gasteiger partial charge on any atom is 0.350 e. The number of tetrazole rings is 1. The maximum atomic E-state index is 12.4. The van der Waals surface area contributed by atoms with Crippen LogP contribution in [0.3, 0.4) is 0 Å². The summed E-state index contributed by atoms with van der Waals surface area (Å²) in [6.07, 6.45) is 1.42. The van der Waals surface area contributed by atoms with E-state index in [1.807, 2.05) is 30.3 Å². The number of benzene rings is 1. The molecule has 0 atom stereocenters. The third-order valence-electron chi connectivity index (χ3n) is 3.53. The number of nitrogens with zero attached hydrogens (tertiary/aromatic N) is 5. The SMILES string of the molecule is O=C(OCc1cc2ccccc2nc1Cl)c1sccc1-n1cnnn1. The molecule has 0 unspecified atom stereocenters. The zero-order valence-corrected chi connectivity index (χ0v) is 14.2. The quantitative estimate of drug-likeness (QED) is 0.404. The van der Waals surface area contributed by atoms with Crippen molar-refractivity contribution in [1.29, 1.82) is 0 Å². The molecule has 0 radical (unpaired) electrons. The highest BCUT2D eigenvalue weighted by Gasteiger charge is 2.18. The minimum atomic E-state index is -0.468. The molecule has 7 nitrogen and oxygen atoms in total. The lowest BCUT2D eigenvalue weighted by Crippen LogP contribution is -2.08. The molecular weight excluding hydrogens is 362 g/mol. The van der Waals surface area contributed by atoms with Crippen molar-refractivity contribution in [2.75, 3.05) is 0 Å². The van der Waals surface area contributed by atoms with E-state index in [1.54, 1.807) is 11.4 Å². The van der Waals surface area contributed by atoms with E-state index in [2.05, 4.69) is 20.5 Å². The number of thiophene rings is 1. The number of fused-ring (bicyclic) bond motifs is 1. The first-order valence-corrected chi connectivity index (χ1v) is 8.50. The molecule has 0 saturated carbocycles. The van der Waals surface area contributed by atoms with E-state index in [4.69, 9.17) is 16.3 Å². The molecule has 3 heterocycles. The van der Waals surface area contributed by atoms with Gasteiger partial charge in [-0.05, 0) is 34.0 Å². The molecule has 0 amide bonds. The molecule has 124 valence electrons. The number of halogens is 1. The molecule has 0 saturated heterocycles. The average molecular weight is 372 g/mol. The molecule has 0 aliphatic heterocycles. The van der Waals surface area contributed by atoms with Crippen LogP contribution in [0, 0.1) is 0 Å². The number of aromatic nitrogens is 5. The number of esters is 1. The second kappa shape index (κ2) is 6.58. The summed E-state index contributed by atoms with van der Waals surface area (Å²) in [5, 5.41) is 14.0. The van der Waals surface area contributed by atoms with Crippen molar-refractivity contribution < 1.29 is 9.53 Å². The Hall–Kier alpha value is -2.84. The van der Waals surface area contributed by atoms with E-state index >= 15 is 0 Å². The lowest BCUT2D eigenvalue weighted by Gasteiger charge is -2.08. The van der Waals surface area contributed by atoms with E-state index in [0.717, 1.165) is 10.9 Å². The highest BCUT2D eigenvalue weighted by Crippen LogP contribution is 2.24. The Bertz CT molecular complexity index is 1050. The summed E-state index contributed by atoms with van der Waals surface area (Å²) >= 11 is 7.45. The van der Waals surface area contributed by atoms with Gasteiger partial charge in [-0.15, -0.1) is 16.4 Å². The average Bonchev–Trinajstić information content (AvgIpc) is 3.30. The van der Waals surface area contributed by atoms with Crippen LogP contribution in [-0.2, 0) is 11.3 Å². The first-order chi connectivity index (χ1) is 12.2. The van der Waals surface area contributed by atoms with E-state index < -0.39 is 5.97 Å². The van der Waals surface area contributed by atoms with Crippen molar-refractivity contribution in [2.24, 2.45) is 0 Å². The summed E-state index contributed by atoms with van der Waals surface area (Å²) < 4.78 is 6.82. The van der Waals surface area contributed by atoms with Crippen LogP contribution in [-0.4, -0.2) is 31.2 Å². The van der Waals surface area contributed by atoms with Gasteiger partial charge < -0.3 is 4.74 Å². The van der Waals surface area contributed by atoms with Crippen LogP contribution in [0.4, 0.5) is 0 Å². The number of hydrogen-bond acceptors (Lipinski definition) is 7. The van der Waals surface area contributed by atoms with Crippen LogP contribution in [0.1, 0.15) is 15.2 Å². The summed E-state index contributed by atoms with van der Waals surface area (Å²) in [6, 6.07) is 11.2. The van der Waals surface area contributed by atoms with Crippen LogP contribution in [0.25, 0.3) is 16.6 Å². The van der Waals surface area contributed by atoms with Crippen LogP contribution in [0.5, 0.6) is 0 Å². The molecule has 0 aliphatic rings. The molecule has 25 heavy (non-hydrogen) atoms. The molecule has 3 aromatic heterocycles. The molecule has 0 fully saturated rings. The number of hydrogen-bond donors (Lipinski definition) is 0. The fourth-order valence-electron chi connectivity index (χ4n) is 2.35. The predicted molar refractivity (Wildman–Crippen MR) is 92.9 cm³/mol. The zero-order valence-electron chi connectivity index (χ0n) is 12.7. The summed E-state index contributed by atoms with van der Waals surface area (Å²) in [7, 11) is 0. The molecular formula is C16H10ClN5O2S. The Morgan fingerprint density at radius 2 is 2.16 bits per heavy atom. The molecule has 1 aromatic carbocycles. The first-order valence-electron chi connectivity index (χ1n) is 7.24. The van der Waals surface area contributed by atoms with Gasteiger partial charge in [0.2, 0.25) is 0 Å². The minimum Gasteiger partial charge on any atom is -0.456 e. The second-order valence-corrected chi connectivity index (χ2v) is 6.37. The van der Waals surface area contributed by atoms with Crippen LogP contribution in [0.15, 0.2) is 48.1 Å². The minimum absolute atomic E-state index is 0.0302. The smallest absolute Gasteiger partial charge is 0.350 e. The van der Waals surface area contributed by atoms with Gasteiger partial charge in [-0.25, -0.2) is 9.78 Å². The summed E-state index contributed by atoms with van der Waals surface area (Å²) in [5.41, 5.74) is 2.01. The lowest BCUT2D eigenvalue weighted by molar-refractivity contribution is 0.0478. The Kier molecular flexibility index (Phi) is 4.12. The number of carbonyl (C=O) groups excluding carboxylic acids is 1. The zero-order chi connectivity index (χ0) is 17.2. The summed E-state index contributed by atoms with van der Waals surface area (Å²) in [5.74, 6) is -0.468. The monoisotopic (exact) mass is 371 g/mol. The van der Waals surface area contributed by atoms with Gasteiger partial charge >= 0.3 is 5.97 Å². The fraction of sp³-hybridized carbons (Fsp3) is 0.0625. The number of carbonyl (C=O) groups is 1. The second-order valence-electron chi connectivity index (χ2n) is 5.10. The van der Waals surface area contributed by atoms with Crippen molar-refractivity contribution in [2.45, 2.75) is 6.61 Å². The van der Waals surface area contributed by atoms with Gasteiger partial charge in [0.1, 0.15) is 23.0 Å². The first kappa shape index (κ1) is 15.7. The highest BCUT2D eigenvalue weighted by molar-refractivity contribution is 7.12. The van der Waals surface area contributed by atoms with Gasteiger partial charge in [0.05, 0.1) is 11.2 Å². The van der Waals surface area contributed by atoms with Crippen LogP contribution >= 0.6 is 22.9 Å². The van der Waals surface area contributed by atoms with Gasteiger partial charge in [0, 0.05) is 10.9 Å². The topological polar surface area (TPSA) is 82.8 Å². The lowest BCUT2D eigenvalue weighted by atomic mass is 10.2.